The van der Waals surface area contributed by atoms with Crippen LogP contribution in [0.2, 0.25) is 0 Å². The Morgan fingerprint density at radius 3 is 2.91 bits per heavy atom. The van der Waals surface area contributed by atoms with Gasteiger partial charge in [0.1, 0.15) is 12.4 Å². The van der Waals surface area contributed by atoms with E-state index < -0.39 is 0 Å². The summed E-state index contributed by atoms with van der Waals surface area (Å²) in [6.45, 7) is 11.9. The number of benzene rings is 1. The van der Waals surface area contributed by atoms with Crippen molar-refractivity contribution >= 4 is 5.96 Å². The molecule has 2 aliphatic rings. The minimum atomic E-state index is 0.293. The van der Waals surface area contributed by atoms with Crippen LogP contribution < -0.4 is 15.4 Å². The molecule has 8 nitrogen and oxygen atoms in total. The van der Waals surface area contributed by atoms with Crippen LogP contribution in [-0.4, -0.2) is 89.3 Å². The van der Waals surface area contributed by atoms with Gasteiger partial charge in [-0.15, -0.1) is 0 Å². The highest BCUT2D eigenvalue weighted by molar-refractivity contribution is 5.79. The molecule has 0 saturated carbocycles. The third-order valence-electron chi connectivity index (χ3n) is 5.53. The second-order valence-corrected chi connectivity index (χ2v) is 8.14. The van der Waals surface area contributed by atoms with Gasteiger partial charge >= 0.3 is 0 Å². The molecule has 2 aliphatic heterocycles. The Bertz CT molecular complexity index is 661. The van der Waals surface area contributed by atoms with E-state index in [-0.39, 0.29) is 0 Å². The summed E-state index contributed by atoms with van der Waals surface area (Å²) in [6, 6.07) is 8.19. The van der Waals surface area contributed by atoms with Crippen molar-refractivity contribution in [1.82, 2.24) is 15.5 Å². The first kappa shape index (κ1) is 24.8. The average molecular weight is 449 g/mol. The molecule has 0 aliphatic carbocycles. The molecule has 0 spiro atoms. The minimum Gasteiger partial charge on any atom is -0.492 e. The van der Waals surface area contributed by atoms with E-state index in [4.69, 9.17) is 23.9 Å². The highest BCUT2D eigenvalue weighted by Gasteiger charge is 2.15. The summed E-state index contributed by atoms with van der Waals surface area (Å²) in [5, 5.41) is 6.69. The van der Waals surface area contributed by atoms with E-state index in [2.05, 4.69) is 34.6 Å². The molecule has 1 atom stereocenters. The standard InChI is InChI=1S/C24H40N4O4/c1-2-25-24(26-9-5-13-30-20-23-8-4-14-31-23)27-19-21-6-3-7-22(18-21)32-17-12-28-10-15-29-16-11-28/h3,6-7,18,23H,2,4-5,8-17,19-20H2,1H3,(H2,25,26,27). The molecule has 1 aromatic rings. The number of hydrogen-bond acceptors (Lipinski definition) is 6. The van der Waals surface area contributed by atoms with Gasteiger partial charge in [0.2, 0.25) is 0 Å². The quantitative estimate of drug-likeness (QED) is 0.272. The Hall–Kier alpha value is -1.87. The van der Waals surface area contributed by atoms with Crippen LogP contribution in [0.15, 0.2) is 29.3 Å². The third-order valence-corrected chi connectivity index (χ3v) is 5.53. The van der Waals surface area contributed by atoms with Gasteiger partial charge in [-0.1, -0.05) is 12.1 Å². The monoisotopic (exact) mass is 448 g/mol. The number of nitrogens with one attached hydrogen (secondary N) is 2. The minimum absolute atomic E-state index is 0.293. The summed E-state index contributed by atoms with van der Waals surface area (Å²) >= 11 is 0. The van der Waals surface area contributed by atoms with E-state index >= 15 is 0 Å². The molecule has 2 N–H and O–H groups in total. The topological polar surface area (TPSA) is 76.6 Å². The molecule has 180 valence electrons. The number of nitrogens with zero attached hydrogens (tertiary/aromatic N) is 2. The second-order valence-electron chi connectivity index (χ2n) is 8.14. The van der Waals surface area contributed by atoms with Crippen LogP contribution >= 0.6 is 0 Å². The Kier molecular flexibility index (Phi) is 11.7. The SMILES string of the molecule is CCNC(=NCc1cccc(OCCN2CCOCC2)c1)NCCCOCC1CCCO1. The predicted molar refractivity (Wildman–Crippen MR) is 126 cm³/mol. The molecule has 1 unspecified atom stereocenters. The fourth-order valence-electron chi connectivity index (χ4n) is 3.73. The normalized spacial score (nSPS) is 19.8. The highest BCUT2D eigenvalue weighted by atomic mass is 16.5. The number of hydrogen-bond donors (Lipinski definition) is 2. The Morgan fingerprint density at radius 2 is 2.09 bits per heavy atom. The Labute approximate surface area is 192 Å². The molecule has 0 amide bonds. The number of aliphatic imine (C=N–C) groups is 1. The largest absolute Gasteiger partial charge is 0.492 e. The average Bonchev–Trinajstić information content (AvgIpc) is 3.34. The molecule has 3 rings (SSSR count). The van der Waals surface area contributed by atoms with Gasteiger partial charge in [0.05, 0.1) is 32.5 Å². The number of guanidine groups is 1. The van der Waals surface area contributed by atoms with Gasteiger partial charge in [-0.2, -0.15) is 0 Å². The summed E-state index contributed by atoms with van der Waals surface area (Å²) in [7, 11) is 0. The lowest BCUT2D eigenvalue weighted by atomic mass is 10.2. The van der Waals surface area contributed by atoms with Crippen molar-refractivity contribution in [1.29, 1.82) is 0 Å². The van der Waals surface area contributed by atoms with Crippen LogP contribution in [0, 0.1) is 0 Å². The Balaban J connectivity index is 1.34. The molecule has 0 bridgehead atoms. The van der Waals surface area contributed by atoms with Crippen LogP contribution in [-0.2, 0) is 20.8 Å². The summed E-state index contributed by atoms with van der Waals surface area (Å²) in [6.07, 6.45) is 3.50. The zero-order chi connectivity index (χ0) is 22.3. The molecular formula is C24H40N4O4. The molecule has 0 aromatic heterocycles. The van der Waals surface area contributed by atoms with E-state index in [1.165, 1.54) is 0 Å². The zero-order valence-corrected chi connectivity index (χ0v) is 19.5. The predicted octanol–water partition coefficient (Wildman–Crippen LogP) is 2.04. The summed E-state index contributed by atoms with van der Waals surface area (Å²) in [4.78, 5) is 7.09. The maximum atomic E-state index is 5.96. The van der Waals surface area contributed by atoms with Crippen LogP contribution in [0.5, 0.6) is 5.75 Å². The highest BCUT2D eigenvalue weighted by Crippen LogP contribution is 2.14. The number of ether oxygens (including phenoxy) is 4. The molecule has 2 fully saturated rings. The lowest BCUT2D eigenvalue weighted by Crippen LogP contribution is -2.38. The maximum Gasteiger partial charge on any atom is 0.191 e. The van der Waals surface area contributed by atoms with Crippen molar-refractivity contribution < 1.29 is 18.9 Å². The van der Waals surface area contributed by atoms with Crippen molar-refractivity contribution in [2.45, 2.75) is 38.8 Å². The molecule has 1 aromatic carbocycles. The second kappa shape index (κ2) is 15.1. The van der Waals surface area contributed by atoms with Crippen molar-refractivity contribution in [3.05, 3.63) is 29.8 Å². The van der Waals surface area contributed by atoms with E-state index in [9.17, 15) is 0 Å². The first-order valence-electron chi connectivity index (χ1n) is 12.1. The zero-order valence-electron chi connectivity index (χ0n) is 19.5. The summed E-state index contributed by atoms with van der Waals surface area (Å²) in [5.41, 5.74) is 1.13. The van der Waals surface area contributed by atoms with Gasteiger partial charge < -0.3 is 29.6 Å². The Morgan fingerprint density at radius 1 is 1.19 bits per heavy atom. The van der Waals surface area contributed by atoms with Gasteiger partial charge in [0.25, 0.3) is 0 Å². The lowest BCUT2D eigenvalue weighted by Gasteiger charge is -2.26. The third kappa shape index (κ3) is 9.73. The van der Waals surface area contributed by atoms with Crippen LogP contribution in [0.4, 0.5) is 0 Å². The lowest BCUT2D eigenvalue weighted by molar-refractivity contribution is 0.0168. The number of rotatable bonds is 13. The maximum absolute atomic E-state index is 5.96. The van der Waals surface area contributed by atoms with Gasteiger partial charge in [0, 0.05) is 45.9 Å². The first-order chi connectivity index (χ1) is 15.8. The van der Waals surface area contributed by atoms with E-state index in [0.717, 1.165) is 95.7 Å². The fourth-order valence-corrected chi connectivity index (χ4v) is 3.73. The molecule has 32 heavy (non-hydrogen) atoms. The molecular weight excluding hydrogens is 408 g/mol. The van der Waals surface area contributed by atoms with Crippen molar-refractivity contribution in [2.24, 2.45) is 4.99 Å². The molecule has 2 heterocycles. The van der Waals surface area contributed by atoms with E-state index in [0.29, 0.717) is 25.9 Å². The summed E-state index contributed by atoms with van der Waals surface area (Å²) < 4.78 is 22.6. The van der Waals surface area contributed by atoms with Crippen LogP contribution in [0.25, 0.3) is 0 Å². The van der Waals surface area contributed by atoms with Gasteiger partial charge in [-0.25, -0.2) is 4.99 Å². The van der Waals surface area contributed by atoms with Crippen LogP contribution in [0.3, 0.4) is 0 Å². The van der Waals surface area contributed by atoms with Gasteiger partial charge in [0.15, 0.2) is 5.96 Å². The van der Waals surface area contributed by atoms with Crippen LogP contribution in [0.1, 0.15) is 31.7 Å². The van der Waals surface area contributed by atoms with E-state index in [1.807, 2.05) is 12.1 Å². The molecule has 8 heteroatoms. The van der Waals surface area contributed by atoms with Gasteiger partial charge in [-0.3, -0.25) is 4.90 Å². The van der Waals surface area contributed by atoms with E-state index in [1.54, 1.807) is 0 Å². The molecule has 0 radical (unpaired) electrons. The first-order valence-corrected chi connectivity index (χ1v) is 12.1. The fraction of sp³-hybridized carbons (Fsp3) is 0.708. The van der Waals surface area contributed by atoms with Crippen molar-refractivity contribution in [2.75, 3.05) is 72.4 Å². The van der Waals surface area contributed by atoms with Gasteiger partial charge in [-0.05, 0) is 43.9 Å². The van der Waals surface area contributed by atoms with Crippen molar-refractivity contribution in [3.8, 4) is 5.75 Å². The number of morpholine rings is 1. The molecule has 2 saturated heterocycles. The smallest absolute Gasteiger partial charge is 0.191 e. The summed E-state index contributed by atoms with van der Waals surface area (Å²) in [5.74, 6) is 1.72. The van der Waals surface area contributed by atoms with Crippen molar-refractivity contribution in [3.63, 3.8) is 0 Å².